The van der Waals surface area contributed by atoms with Crippen molar-refractivity contribution in [3.8, 4) is 5.75 Å². The highest BCUT2D eigenvalue weighted by Crippen LogP contribution is 2.31. The van der Waals surface area contributed by atoms with Gasteiger partial charge in [0, 0.05) is 11.4 Å². The van der Waals surface area contributed by atoms with Crippen LogP contribution in [0.15, 0.2) is 33.1 Å². The molecule has 0 saturated carbocycles. The highest BCUT2D eigenvalue weighted by molar-refractivity contribution is 8.00. The van der Waals surface area contributed by atoms with Gasteiger partial charge in [0.25, 0.3) is 0 Å². The van der Waals surface area contributed by atoms with E-state index in [2.05, 4.69) is 15.0 Å². The number of H-pyrrole nitrogens is 1. The third-order valence-electron chi connectivity index (χ3n) is 2.38. The number of ether oxygens (including phenoxy) is 1. The summed E-state index contributed by atoms with van der Waals surface area (Å²) in [6.45, 7) is 2.61. The van der Waals surface area contributed by atoms with Crippen molar-refractivity contribution in [2.75, 3.05) is 6.61 Å². The van der Waals surface area contributed by atoms with Crippen LogP contribution < -0.4 is 4.74 Å². The van der Waals surface area contributed by atoms with Gasteiger partial charge in [-0.2, -0.15) is 0 Å². The Kier molecular flexibility index (Phi) is 3.63. The van der Waals surface area contributed by atoms with Crippen LogP contribution in [0, 0.1) is 0 Å². The Morgan fingerprint density at radius 2 is 2.32 bits per heavy atom. The van der Waals surface area contributed by atoms with Crippen LogP contribution in [0.4, 0.5) is 0 Å². The Morgan fingerprint density at radius 3 is 3.05 bits per heavy atom. The zero-order chi connectivity index (χ0) is 13.2. The molecule has 0 atom stereocenters. The van der Waals surface area contributed by atoms with Crippen LogP contribution in [0.2, 0.25) is 5.15 Å². The molecule has 7 heteroatoms. The summed E-state index contributed by atoms with van der Waals surface area (Å²) in [5.41, 5.74) is 1.87. The molecular weight excluding hydrogens is 302 g/mol. The van der Waals surface area contributed by atoms with Crippen molar-refractivity contribution in [2.24, 2.45) is 0 Å². The van der Waals surface area contributed by atoms with Gasteiger partial charge in [-0.25, -0.2) is 9.97 Å². The minimum Gasteiger partial charge on any atom is -0.494 e. The molecule has 0 aliphatic carbocycles. The molecule has 0 amide bonds. The molecular formula is C12H10ClN3OS2. The number of halogens is 1. The Labute approximate surface area is 123 Å². The molecule has 0 aliphatic rings. The largest absolute Gasteiger partial charge is 0.494 e. The van der Waals surface area contributed by atoms with Crippen LogP contribution in [0.3, 0.4) is 0 Å². The van der Waals surface area contributed by atoms with Crippen LogP contribution in [-0.2, 0) is 0 Å². The first-order chi connectivity index (χ1) is 9.24. The molecule has 0 radical (unpaired) electrons. The molecule has 4 nitrogen and oxygen atoms in total. The molecule has 19 heavy (non-hydrogen) atoms. The van der Waals surface area contributed by atoms with Crippen molar-refractivity contribution >= 4 is 45.7 Å². The quantitative estimate of drug-likeness (QED) is 0.783. The van der Waals surface area contributed by atoms with Crippen molar-refractivity contribution in [3.05, 3.63) is 28.7 Å². The summed E-state index contributed by atoms with van der Waals surface area (Å²) in [4.78, 5) is 11.9. The lowest BCUT2D eigenvalue weighted by molar-refractivity contribution is 0.340. The van der Waals surface area contributed by atoms with E-state index in [0.29, 0.717) is 11.8 Å². The highest BCUT2D eigenvalue weighted by Gasteiger charge is 2.08. The topological polar surface area (TPSA) is 50.8 Å². The van der Waals surface area contributed by atoms with Gasteiger partial charge in [-0.3, -0.25) is 0 Å². The molecule has 2 heterocycles. The smallest absolute Gasteiger partial charge is 0.173 e. The number of nitrogens with zero attached hydrogens (tertiary/aromatic N) is 2. The zero-order valence-corrected chi connectivity index (χ0v) is 12.4. The monoisotopic (exact) mass is 311 g/mol. The Morgan fingerprint density at radius 1 is 1.42 bits per heavy atom. The molecule has 98 valence electrons. The first kappa shape index (κ1) is 12.8. The lowest BCUT2D eigenvalue weighted by Gasteiger charge is -2.00. The van der Waals surface area contributed by atoms with E-state index in [4.69, 9.17) is 16.3 Å². The molecule has 0 spiro atoms. The Hall–Kier alpha value is -1.24. The number of rotatable bonds is 4. The number of hydrogen-bond donors (Lipinski definition) is 1. The molecule has 3 aromatic rings. The maximum absolute atomic E-state index is 5.80. The maximum atomic E-state index is 5.80. The summed E-state index contributed by atoms with van der Waals surface area (Å²) in [7, 11) is 0. The predicted octanol–water partition coefficient (Wildman–Crippen LogP) is 4.22. The molecule has 2 aromatic heterocycles. The van der Waals surface area contributed by atoms with Gasteiger partial charge in [-0.15, -0.1) is 11.3 Å². The van der Waals surface area contributed by atoms with Gasteiger partial charge in [0.05, 0.1) is 17.6 Å². The fourth-order valence-corrected chi connectivity index (χ4v) is 3.55. The first-order valence-corrected chi connectivity index (χ1v) is 7.73. The number of aromatic amines is 1. The number of imidazole rings is 1. The average Bonchev–Trinajstić information content (AvgIpc) is 2.95. The maximum Gasteiger partial charge on any atom is 0.173 e. The van der Waals surface area contributed by atoms with E-state index in [1.807, 2.05) is 25.1 Å². The van der Waals surface area contributed by atoms with Crippen molar-refractivity contribution in [3.63, 3.8) is 0 Å². The van der Waals surface area contributed by atoms with Crippen LogP contribution in [0.1, 0.15) is 6.92 Å². The number of benzene rings is 1. The van der Waals surface area contributed by atoms with Gasteiger partial charge in [0.15, 0.2) is 9.50 Å². The van der Waals surface area contributed by atoms with E-state index < -0.39 is 0 Å². The van der Waals surface area contributed by atoms with E-state index in [9.17, 15) is 0 Å². The van der Waals surface area contributed by atoms with Gasteiger partial charge in [-0.1, -0.05) is 11.6 Å². The van der Waals surface area contributed by atoms with E-state index in [1.54, 1.807) is 5.38 Å². The molecule has 0 saturated heterocycles. The molecule has 0 fully saturated rings. The van der Waals surface area contributed by atoms with Crippen LogP contribution in [0.25, 0.3) is 11.0 Å². The third-order valence-corrected chi connectivity index (χ3v) is 4.53. The van der Waals surface area contributed by atoms with Gasteiger partial charge < -0.3 is 9.72 Å². The highest BCUT2D eigenvalue weighted by atomic mass is 35.5. The molecule has 0 unspecified atom stereocenters. The minimum absolute atomic E-state index is 0.516. The lowest BCUT2D eigenvalue weighted by atomic mass is 10.3. The van der Waals surface area contributed by atoms with Crippen LogP contribution in [-0.4, -0.2) is 21.6 Å². The third kappa shape index (κ3) is 2.86. The van der Waals surface area contributed by atoms with Crippen molar-refractivity contribution in [1.82, 2.24) is 15.0 Å². The number of aromatic nitrogens is 3. The fraction of sp³-hybridized carbons (Fsp3) is 0.167. The van der Waals surface area contributed by atoms with E-state index in [1.165, 1.54) is 23.1 Å². The fourth-order valence-electron chi connectivity index (χ4n) is 1.64. The van der Waals surface area contributed by atoms with E-state index in [0.717, 1.165) is 26.3 Å². The van der Waals surface area contributed by atoms with Crippen molar-refractivity contribution in [1.29, 1.82) is 0 Å². The molecule has 3 rings (SSSR count). The predicted molar refractivity (Wildman–Crippen MR) is 78.5 cm³/mol. The first-order valence-electron chi connectivity index (χ1n) is 5.66. The molecule has 0 bridgehead atoms. The lowest BCUT2D eigenvalue weighted by Crippen LogP contribution is -1.90. The summed E-state index contributed by atoms with van der Waals surface area (Å²) < 4.78 is 6.33. The van der Waals surface area contributed by atoms with Crippen molar-refractivity contribution < 1.29 is 4.74 Å². The summed E-state index contributed by atoms with van der Waals surface area (Å²) >= 11 is 8.77. The number of thiazole rings is 1. The van der Waals surface area contributed by atoms with Gasteiger partial charge >= 0.3 is 0 Å². The van der Waals surface area contributed by atoms with Gasteiger partial charge in [0.2, 0.25) is 0 Å². The Bertz CT molecular complexity index is 710. The zero-order valence-electron chi connectivity index (χ0n) is 10.0. The second-order valence-corrected chi connectivity index (χ2v) is 6.17. The number of nitrogens with one attached hydrogen (secondary N) is 1. The summed E-state index contributed by atoms with van der Waals surface area (Å²) in [5, 5.41) is 3.12. The molecule has 0 aliphatic heterocycles. The summed E-state index contributed by atoms with van der Waals surface area (Å²) in [6, 6.07) is 5.81. The molecule has 1 aromatic carbocycles. The van der Waals surface area contributed by atoms with Crippen molar-refractivity contribution in [2.45, 2.75) is 16.4 Å². The minimum atomic E-state index is 0.516. The van der Waals surface area contributed by atoms with E-state index >= 15 is 0 Å². The van der Waals surface area contributed by atoms with E-state index in [-0.39, 0.29) is 0 Å². The SMILES string of the molecule is CCOc1ccc2nc(Sc3nc(Cl)cs3)[nH]c2c1. The standard InChI is InChI=1S/C12H10ClN3OS2/c1-2-17-7-3-4-8-9(5-7)15-11(14-8)19-12-16-10(13)6-18-12/h3-6H,2H2,1H3,(H,14,15). The second-order valence-electron chi connectivity index (χ2n) is 3.69. The average molecular weight is 312 g/mol. The van der Waals surface area contributed by atoms with Crippen LogP contribution in [0.5, 0.6) is 5.75 Å². The summed E-state index contributed by atoms with van der Waals surface area (Å²) in [5.74, 6) is 0.840. The Balaban J connectivity index is 1.88. The number of hydrogen-bond acceptors (Lipinski definition) is 5. The summed E-state index contributed by atoms with van der Waals surface area (Å²) in [6.07, 6.45) is 0. The normalized spacial score (nSPS) is 11.1. The van der Waals surface area contributed by atoms with Gasteiger partial charge in [-0.05, 0) is 30.8 Å². The second kappa shape index (κ2) is 5.40. The van der Waals surface area contributed by atoms with Crippen LogP contribution >= 0.6 is 34.7 Å². The van der Waals surface area contributed by atoms with Gasteiger partial charge in [0.1, 0.15) is 10.9 Å². The number of fused-ring (bicyclic) bond motifs is 1. The molecule has 1 N–H and O–H groups in total.